The van der Waals surface area contributed by atoms with Crippen LogP contribution in [0.4, 0.5) is 4.79 Å². The summed E-state index contributed by atoms with van der Waals surface area (Å²) < 4.78 is 5.42. The Kier molecular flexibility index (Phi) is 4.37. The maximum Gasteiger partial charge on any atom is 0.407 e. The third-order valence-electron chi connectivity index (χ3n) is 6.52. The van der Waals surface area contributed by atoms with Gasteiger partial charge in [-0.1, -0.05) is 18.2 Å². The Labute approximate surface area is 179 Å². The molecule has 1 aliphatic carbocycles. The maximum atomic E-state index is 13.2. The van der Waals surface area contributed by atoms with Gasteiger partial charge >= 0.3 is 6.09 Å². The van der Waals surface area contributed by atoms with Gasteiger partial charge in [-0.2, -0.15) is 10.5 Å². The van der Waals surface area contributed by atoms with Crippen molar-refractivity contribution in [3.05, 3.63) is 64.5 Å². The van der Waals surface area contributed by atoms with Gasteiger partial charge in [0, 0.05) is 24.5 Å². The number of ether oxygens (including phenoxy) is 1. The lowest BCUT2D eigenvalue weighted by Gasteiger charge is -2.44. The number of fused-ring (bicyclic) bond motifs is 1. The average Bonchev–Trinajstić information content (AvgIpc) is 3.27. The van der Waals surface area contributed by atoms with Crippen LogP contribution in [0.2, 0.25) is 0 Å². The fraction of sp³-hybridized carbons (Fsp3) is 0.348. The number of pyridine rings is 1. The number of nitriles is 2. The molecule has 2 aliphatic heterocycles. The van der Waals surface area contributed by atoms with Crippen LogP contribution in [0.1, 0.15) is 51.5 Å². The molecular formula is C23H19N5O3. The van der Waals surface area contributed by atoms with E-state index in [0.717, 1.165) is 5.56 Å². The highest BCUT2D eigenvalue weighted by Crippen LogP contribution is 2.45. The Balaban J connectivity index is 1.43. The summed E-state index contributed by atoms with van der Waals surface area (Å²) in [5.74, 6) is 0.172. The van der Waals surface area contributed by atoms with Gasteiger partial charge in [0.25, 0.3) is 5.91 Å². The van der Waals surface area contributed by atoms with Crippen molar-refractivity contribution in [2.24, 2.45) is 5.92 Å². The lowest BCUT2D eigenvalue weighted by atomic mass is 9.70. The highest BCUT2D eigenvalue weighted by molar-refractivity contribution is 5.99. The molecule has 1 saturated heterocycles. The zero-order valence-corrected chi connectivity index (χ0v) is 16.7. The zero-order valence-electron chi connectivity index (χ0n) is 16.7. The third kappa shape index (κ3) is 3.08. The second-order valence-electron chi connectivity index (χ2n) is 8.40. The van der Waals surface area contributed by atoms with Crippen molar-refractivity contribution in [3.8, 4) is 12.1 Å². The van der Waals surface area contributed by atoms with Crippen molar-refractivity contribution in [3.63, 3.8) is 0 Å². The highest BCUT2D eigenvalue weighted by atomic mass is 16.6. The average molecular weight is 413 g/mol. The van der Waals surface area contributed by atoms with Crippen molar-refractivity contribution in [1.82, 2.24) is 15.2 Å². The minimum Gasteiger partial charge on any atom is -0.441 e. The molecule has 1 spiro atoms. The van der Waals surface area contributed by atoms with Crippen LogP contribution in [0.5, 0.6) is 0 Å². The summed E-state index contributed by atoms with van der Waals surface area (Å²) in [4.78, 5) is 30.5. The largest absolute Gasteiger partial charge is 0.441 e. The first-order valence-corrected chi connectivity index (χ1v) is 10.2. The fourth-order valence-corrected chi connectivity index (χ4v) is 5.10. The smallest absolute Gasteiger partial charge is 0.407 e. The molecule has 1 unspecified atom stereocenters. The van der Waals surface area contributed by atoms with Gasteiger partial charge in [-0.25, -0.2) is 4.79 Å². The second-order valence-corrected chi connectivity index (χ2v) is 8.40. The van der Waals surface area contributed by atoms with E-state index < -0.39 is 5.60 Å². The Morgan fingerprint density at radius 2 is 1.87 bits per heavy atom. The third-order valence-corrected chi connectivity index (χ3v) is 6.52. The van der Waals surface area contributed by atoms with E-state index in [1.165, 1.54) is 12.4 Å². The number of rotatable bonds is 4. The van der Waals surface area contributed by atoms with Crippen LogP contribution >= 0.6 is 0 Å². The monoisotopic (exact) mass is 413 g/mol. The van der Waals surface area contributed by atoms with E-state index in [2.05, 4.69) is 22.4 Å². The summed E-state index contributed by atoms with van der Waals surface area (Å²) in [7, 11) is 0. The summed E-state index contributed by atoms with van der Waals surface area (Å²) in [6, 6.07) is 11.5. The predicted octanol–water partition coefficient (Wildman–Crippen LogP) is 2.45. The molecule has 3 aliphatic rings. The Morgan fingerprint density at radius 3 is 2.52 bits per heavy atom. The zero-order chi connectivity index (χ0) is 21.6. The van der Waals surface area contributed by atoms with Crippen LogP contribution in [0.25, 0.3) is 0 Å². The normalized spacial score (nSPS) is 25.9. The molecule has 2 aromatic rings. The Hall–Kier alpha value is -3.91. The molecule has 5 rings (SSSR count). The molecule has 154 valence electrons. The van der Waals surface area contributed by atoms with Crippen LogP contribution < -0.4 is 5.32 Å². The van der Waals surface area contributed by atoms with E-state index in [1.54, 1.807) is 0 Å². The van der Waals surface area contributed by atoms with E-state index >= 15 is 0 Å². The van der Waals surface area contributed by atoms with E-state index in [0.29, 0.717) is 54.6 Å². The molecule has 3 heterocycles. The SMILES string of the molecule is N#Cc1cncc(C#N)c1CC1c2ccccc2C(=O)N1CC1CC2(CNC(=O)O2)C1. The molecular weight excluding hydrogens is 394 g/mol. The molecule has 1 saturated carbocycles. The number of nitrogens with one attached hydrogen (secondary N) is 1. The summed E-state index contributed by atoms with van der Waals surface area (Å²) in [6.07, 6.45) is 4.32. The lowest BCUT2D eigenvalue weighted by molar-refractivity contribution is -0.0554. The molecule has 1 aromatic carbocycles. The number of carbonyl (C=O) groups is 2. The predicted molar refractivity (Wildman–Crippen MR) is 108 cm³/mol. The summed E-state index contributed by atoms with van der Waals surface area (Å²) in [5, 5.41) is 21.8. The van der Waals surface area contributed by atoms with Crippen LogP contribution in [-0.2, 0) is 11.2 Å². The molecule has 8 heteroatoms. The minimum absolute atomic E-state index is 0.0471. The van der Waals surface area contributed by atoms with Crippen LogP contribution in [0.3, 0.4) is 0 Å². The van der Waals surface area contributed by atoms with Gasteiger partial charge in [0.05, 0.1) is 23.7 Å². The van der Waals surface area contributed by atoms with Crippen molar-refractivity contribution in [1.29, 1.82) is 10.5 Å². The van der Waals surface area contributed by atoms with Gasteiger partial charge in [0.15, 0.2) is 0 Å². The number of alkyl carbamates (subject to hydrolysis) is 1. The first-order valence-electron chi connectivity index (χ1n) is 10.2. The number of aromatic nitrogens is 1. The van der Waals surface area contributed by atoms with Gasteiger partial charge in [-0.3, -0.25) is 9.78 Å². The van der Waals surface area contributed by atoms with Gasteiger partial charge in [0.1, 0.15) is 17.7 Å². The maximum absolute atomic E-state index is 13.2. The van der Waals surface area contributed by atoms with Crippen molar-refractivity contribution < 1.29 is 14.3 Å². The molecule has 0 bridgehead atoms. The summed E-state index contributed by atoms with van der Waals surface area (Å²) in [6.45, 7) is 1.04. The van der Waals surface area contributed by atoms with Gasteiger partial charge < -0.3 is 15.0 Å². The molecule has 2 fully saturated rings. The molecule has 1 aromatic heterocycles. The van der Waals surface area contributed by atoms with Crippen LogP contribution in [0, 0.1) is 28.6 Å². The lowest BCUT2D eigenvalue weighted by Crippen LogP contribution is -2.51. The van der Waals surface area contributed by atoms with Crippen LogP contribution in [-0.4, -0.2) is 40.6 Å². The van der Waals surface area contributed by atoms with Gasteiger partial charge in [-0.15, -0.1) is 0 Å². The molecule has 1 N–H and O–H groups in total. The number of carbonyl (C=O) groups excluding carboxylic acids is 2. The van der Waals surface area contributed by atoms with Gasteiger partial charge in [-0.05, 0) is 42.4 Å². The van der Waals surface area contributed by atoms with Crippen molar-refractivity contribution >= 4 is 12.0 Å². The molecule has 31 heavy (non-hydrogen) atoms. The van der Waals surface area contributed by atoms with Crippen molar-refractivity contribution in [2.45, 2.75) is 30.9 Å². The number of amides is 2. The fourth-order valence-electron chi connectivity index (χ4n) is 5.10. The summed E-state index contributed by atoms with van der Waals surface area (Å²) >= 11 is 0. The standard InChI is InChI=1S/C23H19N5O3/c24-8-15-10-26-11-16(9-25)19(15)5-20-17-3-1-2-4-18(17)21(29)28(20)12-14-6-23(7-14)13-27-22(30)31-23/h1-4,10-11,14,20H,5-7,12-13H2,(H,27,30). The number of hydrogen-bond acceptors (Lipinski definition) is 6. The van der Waals surface area contributed by atoms with Crippen molar-refractivity contribution in [2.75, 3.05) is 13.1 Å². The van der Waals surface area contributed by atoms with Crippen LogP contribution in [0.15, 0.2) is 36.7 Å². The molecule has 0 radical (unpaired) electrons. The summed E-state index contributed by atoms with van der Waals surface area (Å²) in [5.41, 5.74) is 2.42. The first kappa shape index (κ1) is 19.1. The van der Waals surface area contributed by atoms with E-state index in [-0.39, 0.29) is 24.0 Å². The Bertz CT molecular complexity index is 1140. The second kappa shape index (κ2) is 7.10. The molecule has 1 atom stereocenters. The quantitative estimate of drug-likeness (QED) is 0.822. The minimum atomic E-state index is -0.445. The van der Waals surface area contributed by atoms with E-state index in [4.69, 9.17) is 4.74 Å². The van der Waals surface area contributed by atoms with E-state index in [1.807, 2.05) is 29.2 Å². The number of nitrogens with zero attached hydrogens (tertiary/aromatic N) is 4. The number of hydrogen-bond donors (Lipinski definition) is 1. The number of benzene rings is 1. The Morgan fingerprint density at radius 1 is 1.16 bits per heavy atom. The topological polar surface area (TPSA) is 119 Å². The van der Waals surface area contributed by atoms with E-state index in [9.17, 15) is 20.1 Å². The molecule has 2 amide bonds. The first-order chi connectivity index (χ1) is 15.0. The van der Waals surface area contributed by atoms with Gasteiger partial charge in [0.2, 0.25) is 0 Å². The molecule has 8 nitrogen and oxygen atoms in total. The highest BCUT2D eigenvalue weighted by Gasteiger charge is 2.52.